The molecule has 1 aromatic carbocycles. The van der Waals surface area contributed by atoms with E-state index in [4.69, 9.17) is 4.74 Å². The number of hydrogen-bond donors (Lipinski definition) is 0. The molecule has 1 aromatic rings. The molecule has 8 heteroatoms. The number of nitrogens with zero attached hydrogens (tertiary/aromatic N) is 3. The van der Waals surface area contributed by atoms with Gasteiger partial charge in [0, 0.05) is 44.0 Å². The molecule has 0 bridgehead atoms. The van der Waals surface area contributed by atoms with Crippen molar-refractivity contribution in [1.29, 1.82) is 0 Å². The quantitative estimate of drug-likeness (QED) is 0.599. The van der Waals surface area contributed by atoms with Crippen LogP contribution >= 0.6 is 0 Å². The van der Waals surface area contributed by atoms with Crippen LogP contribution in [-0.2, 0) is 17.5 Å². The Morgan fingerprint density at radius 2 is 1.81 bits per heavy atom. The van der Waals surface area contributed by atoms with Gasteiger partial charge >= 0.3 is 12.3 Å². The lowest BCUT2D eigenvalue weighted by molar-refractivity contribution is -0.137. The smallest absolute Gasteiger partial charge is 0.416 e. The first-order valence-corrected chi connectivity index (χ1v) is 11.5. The summed E-state index contributed by atoms with van der Waals surface area (Å²) in [7, 11) is 2.02. The standard InChI is InChI=1S/C24H36F3N3O2/c1-17-14-20(10-13-30(17)22(31)32-23(2,3)4)28(5)16-18-8-9-19(24(25,26)27)15-21(18)29-11-6-7-12-29/h8-9,15,17,20H,6-7,10-14,16H2,1-5H3/t17-,20?/m0/s1. The molecule has 0 radical (unpaired) electrons. The molecule has 2 fully saturated rings. The molecule has 1 unspecified atom stereocenters. The van der Waals surface area contributed by atoms with Crippen molar-refractivity contribution in [2.24, 2.45) is 0 Å². The minimum absolute atomic E-state index is 0.0386. The molecule has 2 aliphatic rings. The fourth-order valence-electron chi connectivity index (χ4n) is 4.66. The number of piperidine rings is 1. The molecule has 0 spiro atoms. The van der Waals surface area contributed by atoms with Crippen molar-refractivity contribution in [3.8, 4) is 0 Å². The number of benzene rings is 1. The van der Waals surface area contributed by atoms with Gasteiger partial charge in [0.25, 0.3) is 0 Å². The van der Waals surface area contributed by atoms with Gasteiger partial charge < -0.3 is 14.5 Å². The average Bonchev–Trinajstić information content (AvgIpc) is 3.20. The Morgan fingerprint density at radius 1 is 1.16 bits per heavy atom. The second-order valence-electron chi connectivity index (χ2n) is 10.2. The van der Waals surface area contributed by atoms with E-state index in [1.807, 2.05) is 34.7 Å². The van der Waals surface area contributed by atoms with Gasteiger partial charge in [0.2, 0.25) is 0 Å². The molecule has 0 N–H and O–H groups in total. The molecular weight excluding hydrogens is 419 g/mol. The largest absolute Gasteiger partial charge is 0.444 e. The number of anilines is 1. The highest BCUT2D eigenvalue weighted by atomic mass is 19.4. The van der Waals surface area contributed by atoms with Gasteiger partial charge in [-0.05, 0) is 78.1 Å². The molecule has 5 nitrogen and oxygen atoms in total. The summed E-state index contributed by atoms with van der Waals surface area (Å²) in [4.78, 5) is 18.6. The molecule has 2 heterocycles. The van der Waals surface area contributed by atoms with E-state index in [0.717, 1.165) is 44.3 Å². The van der Waals surface area contributed by atoms with Crippen molar-refractivity contribution in [1.82, 2.24) is 9.80 Å². The topological polar surface area (TPSA) is 36.0 Å². The van der Waals surface area contributed by atoms with Crippen LogP contribution < -0.4 is 4.90 Å². The maximum atomic E-state index is 13.3. The number of alkyl halides is 3. The van der Waals surface area contributed by atoms with Crippen LogP contribution in [0.25, 0.3) is 0 Å². The zero-order chi connectivity index (χ0) is 23.7. The van der Waals surface area contributed by atoms with Gasteiger partial charge in [0.1, 0.15) is 5.60 Å². The molecule has 0 aromatic heterocycles. The highest BCUT2D eigenvalue weighted by Gasteiger charge is 2.35. The number of hydrogen-bond acceptors (Lipinski definition) is 4. The second-order valence-corrected chi connectivity index (χ2v) is 10.2. The second kappa shape index (κ2) is 9.49. The first kappa shape index (κ1) is 24.7. The van der Waals surface area contributed by atoms with Crippen LogP contribution in [0, 0.1) is 0 Å². The predicted octanol–water partition coefficient (Wildman–Crippen LogP) is 5.53. The number of halogens is 3. The van der Waals surface area contributed by atoms with Crippen molar-refractivity contribution in [3.05, 3.63) is 29.3 Å². The van der Waals surface area contributed by atoms with Gasteiger partial charge in [-0.1, -0.05) is 6.07 Å². The Kier molecular flexibility index (Phi) is 7.32. The highest BCUT2D eigenvalue weighted by Crippen LogP contribution is 2.35. The van der Waals surface area contributed by atoms with Crippen LogP contribution in [0.4, 0.5) is 23.7 Å². The van der Waals surface area contributed by atoms with Gasteiger partial charge in [-0.15, -0.1) is 0 Å². The molecule has 2 saturated heterocycles. The number of amides is 1. The molecular formula is C24H36F3N3O2. The fourth-order valence-corrected chi connectivity index (χ4v) is 4.66. The summed E-state index contributed by atoms with van der Waals surface area (Å²) in [6, 6.07) is 4.42. The summed E-state index contributed by atoms with van der Waals surface area (Å²) < 4.78 is 45.5. The minimum Gasteiger partial charge on any atom is -0.444 e. The third-order valence-electron chi connectivity index (χ3n) is 6.38. The first-order valence-electron chi connectivity index (χ1n) is 11.5. The van der Waals surface area contributed by atoms with E-state index in [0.29, 0.717) is 18.8 Å². The maximum absolute atomic E-state index is 13.3. The van der Waals surface area contributed by atoms with Crippen molar-refractivity contribution in [2.45, 2.75) is 83.8 Å². The van der Waals surface area contributed by atoms with E-state index >= 15 is 0 Å². The van der Waals surface area contributed by atoms with Crippen molar-refractivity contribution in [2.75, 3.05) is 31.6 Å². The zero-order valence-electron chi connectivity index (χ0n) is 19.8. The molecule has 2 atom stereocenters. The molecule has 32 heavy (non-hydrogen) atoms. The van der Waals surface area contributed by atoms with E-state index < -0.39 is 17.3 Å². The summed E-state index contributed by atoms with van der Waals surface area (Å²) in [5.41, 5.74) is 0.497. The lowest BCUT2D eigenvalue weighted by atomic mass is 9.96. The Bertz CT molecular complexity index is 801. The van der Waals surface area contributed by atoms with Gasteiger partial charge in [-0.25, -0.2) is 4.79 Å². The Labute approximate surface area is 189 Å². The molecule has 0 aliphatic carbocycles. The van der Waals surface area contributed by atoms with Crippen LogP contribution in [0.3, 0.4) is 0 Å². The number of rotatable bonds is 4. The van der Waals surface area contributed by atoms with E-state index in [1.54, 1.807) is 11.0 Å². The number of likely N-dealkylation sites (tertiary alicyclic amines) is 1. The Balaban J connectivity index is 1.69. The van der Waals surface area contributed by atoms with E-state index in [-0.39, 0.29) is 18.2 Å². The van der Waals surface area contributed by atoms with Crippen molar-refractivity contribution < 1.29 is 22.7 Å². The van der Waals surface area contributed by atoms with Crippen LogP contribution in [0.1, 0.15) is 64.5 Å². The Morgan fingerprint density at radius 3 is 2.38 bits per heavy atom. The van der Waals surface area contributed by atoms with E-state index in [2.05, 4.69) is 9.80 Å². The summed E-state index contributed by atoms with van der Waals surface area (Å²) in [5, 5.41) is 0. The van der Waals surface area contributed by atoms with Crippen LogP contribution in [0.5, 0.6) is 0 Å². The minimum atomic E-state index is -4.34. The van der Waals surface area contributed by atoms with E-state index in [9.17, 15) is 18.0 Å². The van der Waals surface area contributed by atoms with Gasteiger partial charge in [0.15, 0.2) is 0 Å². The van der Waals surface area contributed by atoms with Crippen LogP contribution in [0.2, 0.25) is 0 Å². The van der Waals surface area contributed by atoms with Gasteiger partial charge in [-0.2, -0.15) is 13.2 Å². The normalized spacial score (nSPS) is 22.5. The fraction of sp³-hybridized carbons (Fsp3) is 0.708. The summed E-state index contributed by atoms with van der Waals surface area (Å²) in [6.07, 6.45) is -1.01. The summed E-state index contributed by atoms with van der Waals surface area (Å²) >= 11 is 0. The average molecular weight is 456 g/mol. The molecule has 2 aliphatic heterocycles. The van der Waals surface area contributed by atoms with Crippen molar-refractivity contribution >= 4 is 11.8 Å². The lowest BCUT2D eigenvalue weighted by Gasteiger charge is -2.41. The van der Waals surface area contributed by atoms with Gasteiger partial charge in [0.05, 0.1) is 5.56 Å². The molecule has 1 amide bonds. The van der Waals surface area contributed by atoms with Crippen LogP contribution in [-0.4, -0.2) is 60.3 Å². The summed E-state index contributed by atoms with van der Waals surface area (Å²) in [5.74, 6) is 0. The third-order valence-corrected chi connectivity index (χ3v) is 6.38. The molecule has 0 saturated carbocycles. The predicted molar refractivity (Wildman–Crippen MR) is 120 cm³/mol. The number of carbonyl (C=O) groups is 1. The highest BCUT2D eigenvalue weighted by molar-refractivity contribution is 5.68. The number of ether oxygens (including phenoxy) is 1. The summed E-state index contributed by atoms with van der Waals surface area (Å²) in [6.45, 7) is 10.4. The van der Waals surface area contributed by atoms with E-state index in [1.165, 1.54) is 12.1 Å². The van der Waals surface area contributed by atoms with Gasteiger partial charge in [-0.3, -0.25) is 4.90 Å². The third kappa shape index (κ3) is 6.09. The zero-order valence-corrected chi connectivity index (χ0v) is 19.8. The first-order chi connectivity index (χ1) is 14.8. The van der Waals surface area contributed by atoms with Crippen molar-refractivity contribution in [3.63, 3.8) is 0 Å². The lowest BCUT2D eigenvalue weighted by Crippen LogP contribution is -2.51. The SMILES string of the molecule is C[C@H]1CC(N(C)Cc2ccc(C(F)(F)F)cc2N2CCCC2)CCN1C(=O)OC(C)(C)C. The maximum Gasteiger partial charge on any atom is 0.416 e. The molecule has 3 rings (SSSR count). The molecule has 180 valence electrons. The Hall–Kier alpha value is -1.96. The van der Waals surface area contributed by atoms with Crippen LogP contribution in [0.15, 0.2) is 18.2 Å². The monoisotopic (exact) mass is 455 g/mol. The number of carbonyl (C=O) groups excluding carboxylic acids is 1.